The van der Waals surface area contributed by atoms with Gasteiger partial charge in [-0.3, -0.25) is 4.79 Å². The molecular weight excluding hydrogens is 320 g/mol. The summed E-state index contributed by atoms with van der Waals surface area (Å²) in [5.74, 6) is -2.34. The number of carbonyl (C=O) groups is 1. The first-order chi connectivity index (χ1) is 16.1. The van der Waals surface area contributed by atoms with Crippen LogP contribution in [0.15, 0.2) is 24.3 Å². The molecule has 5 nitrogen and oxygen atoms in total. The van der Waals surface area contributed by atoms with Gasteiger partial charge in [-0.05, 0) is 37.9 Å². The van der Waals surface area contributed by atoms with Crippen LogP contribution in [-0.4, -0.2) is 44.7 Å². The monoisotopic (exact) mass is 365 g/mol. The first kappa shape index (κ1) is 10.2. The van der Waals surface area contributed by atoms with E-state index in [0.717, 1.165) is 6.08 Å². The van der Waals surface area contributed by atoms with Crippen molar-refractivity contribution >= 4 is 5.97 Å². The van der Waals surface area contributed by atoms with Crippen LogP contribution >= 0.6 is 0 Å². The van der Waals surface area contributed by atoms with Gasteiger partial charge in [-0.1, -0.05) is 43.9 Å². The Hall–Kier alpha value is -1.17. The van der Waals surface area contributed by atoms with Crippen LogP contribution in [0.25, 0.3) is 0 Å². The average molecular weight is 366 g/mol. The molecule has 5 unspecified atom stereocenters. The molecule has 0 aromatic heterocycles. The number of aliphatic carboxylic acids is 1. The van der Waals surface area contributed by atoms with Crippen LogP contribution in [0.1, 0.15) is 79.5 Å². The van der Waals surface area contributed by atoms with Crippen LogP contribution < -0.4 is 0 Å². The van der Waals surface area contributed by atoms with Gasteiger partial charge < -0.3 is 20.4 Å². The van der Waals surface area contributed by atoms with Crippen molar-refractivity contribution in [3.05, 3.63) is 24.3 Å². The smallest absolute Gasteiger partial charge is 0.303 e. The van der Waals surface area contributed by atoms with Gasteiger partial charge >= 0.3 is 5.97 Å². The molecule has 0 aliphatic heterocycles. The van der Waals surface area contributed by atoms with Gasteiger partial charge in [0.25, 0.3) is 0 Å². The summed E-state index contributed by atoms with van der Waals surface area (Å²) in [6.45, 7) is -3.56. The first-order valence-corrected chi connectivity index (χ1v) is 8.22. The summed E-state index contributed by atoms with van der Waals surface area (Å²) in [4.78, 5) is 10.6. The van der Waals surface area contributed by atoms with E-state index >= 15 is 0 Å². The summed E-state index contributed by atoms with van der Waals surface area (Å²) in [7, 11) is 0. The Morgan fingerprint density at radius 2 is 2.12 bits per heavy atom. The Bertz CT molecular complexity index is 810. The van der Waals surface area contributed by atoms with Crippen molar-refractivity contribution in [1.29, 1.82) is 0 Å². The molecule has 0 heterocycles. The van der Waals surface area contributed by atoms with Gasteiger partial charge in [0.2, 0.25) is 0 Å². The minimum absolute atomic E-state index is 0.0162. The molecule has 0 aromatic carbocycles. The highest BCUT2D eigenvalue weighted by Crippen LogP contribution is 2.36. The van der Waals surface area contributed by atoms with Crippen molar-refractivity contribution in [2.45, 2.75) is 82.8 Å². The minimum Gasteiger partial charge on any atom is -0.481 e. The number of aliphatic hydroxyl groups is 3. The lowest BCUT2D eigenvalue weighted by Crippen LogP contribution is -2.20. The predicted octanol–water partition coefficient (Wildman–Crippen LogP) is 3.04. The van der Waals surface area contributed by atoms with Crippen LogP contribution in [0.2, 0.25) is 0 Å². The summed E-state index contributed by atoms with van der Waals surface area (Å²) < 4.78 is 84.6. The van der Waals surface area contributed by atoms with E-state index in [1.165, 1.54) is 12.2 Å². The Morgan fingerprint density at radius 1 is 1.32 bits per heavy atom. The van der Waals surface area contributed by atoms with Gasteiger partial charge in [-0.15, -0.1) is 0 Å². The minimum atomic E-state index is -3.76. The van der Waals surface area contributed by atoms with E-state index in [2.05, 4.69) is 0 Å². The zero-order valence-corrected chi connectivity index (χ0v) is 13.9. The van der Waals surface area contributed by atoms with Gasteiger partial charge in [0.1, 0.15) is 0 Å². The molecule has 0 bridgehead atoms. The van der Waals surface area contributed by atoms with Crippen LogP contribution in [0.5, 0.6) is 0 Å². The lowest BCUT2D eigenvalue weighted by Gasteiger charge is -2.19. The van der Waals surface area contributed by atoms with Crippen LogP contribution in [0, 0.1) is 11.8 Å². The number of rotatable bonds is 12. The van der Waals surface area contributed by atoms with E-state index in [-0.39, 0.29) is 32.1 Å². The molecule has 1 fully saturated rings. The number of hydrogen-bond donors (Lipinski definition) is 4. The zero-order chi connectivity index (χ0) is 28.3. The second-order valence-electron chi connectivity index (χ2n) is 6.01. The van der Waals surface area contributed by atoms with Gasteiger partial charge in [-0.2, -0.15) is 0 Å². The van der Waals surface area contributed by atoms with Gasteiger partial charge in [0.05, 0.1) is 18.3 Å². The summed E-state index contributed by atoms with van der Waals surface area (Å²) in [5, 5.41) is 39.2. The molecule has 144 valence electrons. The fourth-order valence-electron chi connectivity index (χ4n) is 2.91. The Kier molecular flexibility index (Phi) is 5.01. The number of carboxylic acid groups (broad SMARTS) is 1. The quantitative estimate of drug-likeness (QED) is 0.399. The molecule has 1 saturated carbocycles. The molecule has 0 radical (unpaired) electrons. The van der Waals surface area contributed by atoms with Crippen molar-refractivity contribution < 1.29 is 40.3 Å². The molecule has 0 aromatic rings. The van der Waals surface area contributed by atoms with Crippen molar-refractivity contribution in [3.8, 4) is 0 Å². The molecule has 5 atom stereocenters. The van der Waals surface area contributed by atoms with Crippen molar-refractivity contribution in [2.24, 2.45) is 11.8 Å². The van der Waals surface area contributed by atoms with E-state index < -0.39 is 68.5 Å². The molecule has 1 aliphatic carbocycles. The van der Waals surface area contributed by atoms with Gasteiger partial charge in [0, 0.05) is 33.8 Å². The summed E-state index contributed by atoms with van der Waals surface area (Å²) in [5.41, 5.74) is 0. The highest BCUT2D eigenvalue weighted by atomic mass is 16.4. The Morgan fingerprint density at radius 3 is 2.84 bits per heavy atom. The Labute approximate surface area is 166 Å². The maximum atomic E-state index is 10.6. The summed E-state index contributed by atoms with van der Waals surface area (Å²) >= 11 is 0. The first-order valence-electron chi connectivity index (χ1n) is 13.7. The number of hydrogen-bond acceptors (Lipinski definition) is 4. The molecule has 1 rings (SSSR count). The largest absolute Gasteiger partial charge is 0.481 e. The number of carboxylic acids is 1. The number of allylic oxidation sites excluding steroid dienone is 2. The van der Waals surface area contributed by atoms with Crippen molar-refractivity contribution in [1.82, 2.24) is 0 Å². The van der Waals surface area contributed by atoms with Gasteiger partial charge in [-0.25, -0.2) is 0 Å². The summed E-state index contributed by atoms with van der Waals surface area (Å²) in [6, 6.07) is 0. The topological polar surface area (TPSA) is 98.0 Å². The maximum absolute atomic E-state index is 10.6. The number of aliphatic hydroxyl groups excluding tert-OH is 3. The molecule has 0 saturated heterocycles. The van der Waals surface area contributed by atoms with E-state index in [0.29, 0.717) is 6.08 Å². The van der Waals surface area contributed by atoms with Crippen molar-refractivity contribution in [2.75, 3.05) is 0 Å². The Balaban J connectivity index is 3.02. The fraction of sp³-hybridized carbons (Fsp3) is 0.750. The highest BCUT2D eigenvalue weighted by molar-refractivity contribution is 5.66. The molecule has 5 heteroatoms. The predicted molar refractivity (Wildman–Crippen MR) is 98.1 cm³/mol. The van der Waals surface area contributed by atoms with Crippen LogP contribution in [-0.2, 0) is 4.79 Å². The zero-order valence-electron chi connectivity index (χ0n) is 24.9. The lowest BCUT2D eigenvalue weighted by molar-refractivity contribution is -0.137. The third-order valence-electron chi connectivity index (χ3n) is 4.17. The van der Waals surface area contributed by atoms with E-state index in [1.54, 1.807) is 0 Å². The third kappa shape index (κ3) is 8.66. The normalized spacial score (nSPS) is 37.5. The average Bonchev–Trinajstić information content (AvgIpc) is 2.97. The van der Waals surface area contributed by atoms with Crippen LogP contribution in [0.3, 0.4) is 0 Å². The molecule has 25 heavy (non-hydrogen) atoms. The van der Waals surface area contributed by atoms with E-state index in [1.807, 2.05) is 0 Å². The second kappa shape index (κ2) is 12.2. The second-order valence-corrected chi connectivity index (χ2v) is 6.01. The molecule has 0 spiro atoms. The highest BCUT2D eigenvalue weighted by Gasteiger charge is 2.39. The maximum Gasteiger partial charge on any atom is 0.303 e. The third-order valence-corrected chi connectivity index (χ3v) is 4.17. The standard InChI is InChI=1S/C20H34O5/c1-2-3-4-5-6-7-10-16-17(19(23)14-18(16)22)13-12-15(21)9-8-11-20(24)25/h6-7,12-13,15-19,21-23H,2-5,8-11,14H2,1H3,(H,24,25)/i1D3,2D2,3D2,4D2,5D2. The molecule has 0 amide bonds. The fourth-order valence-corrected chi connectivity index (χ4v) is 2.91. The SMILES string of the molecule is [2H]C([2H])([2H])C([2H])([2H])C([2H])([2H])C([2H])([2H])C([2H])([2H])C=CCC1C(O)CC(O)C1C=CC(O)CCCC(=O)O. The van der Waals surface area contributed by atoms with Crippen LogP contribution in [0.4, 0.5) is 0 Å². The molecular formula is C20H34O5. The van der Waals surface area contributed by atoms with Gasteiger partial charge in [0.15, 0.2) is 0 Å². The van der Waals surface area contributed by atoms with E-state index in [4.69, 9.17) is 20.2 Å². The van der Waals surface area contributed by atoms with E-state index in [9.17, 15) is 20.1 Å². The summed E-state index contributed by atoms with van der Waals surface area (Å²) in [6.07, 6.45) is -12.5. The van der Waals surface area contributed by atoms with Crippen molar-refractivity contribution in [3.63, 3.8) is 0 Å². The molecule has 4 N–H and O–H groups in total. The lowest BCUT2D eigenvalue weighted by atomic mass is 9.89. The molecule has 1 aliphatic rings.